The molecule has 1 heterocycles. The van der Waals surface area contributed by atoms with E-state index >= 15 is 0 Å². The van der Waals surface area contributed by atoms with Gasteiger partial charge in [-0.1, -0.05) is 0 Å². The van der Waals surface area contributed by atoms with Crippen molar-refractivity contribution >= 4 is 35.8 Å². The fourth-order valence-electron chi connectivity index (χ4n) is 1.64. The predicted molar refractivity (Wildman–Crippen MR) is 88.2 cm³/mol. The lowest BCUT2D eigenvalue weighted by Crippen LogP contribution is -2.36. The summed E-state index contributed by atoms with van der Waals surface area (Å²) in [5, 5.41) is 10.9. The third-order valence-electron chi connectivity index (χ3n) is 2.75. The summed E-state index contributed by atoms with van der Waals surface area (Å²) in [6, 6.07) is 6.80. The number of nitrogens with one attached hydrogen (secondary N) is 1. The Kier molecular flexibility index (Phi) is 7.21. The van der Waals surface area contributed by atoms with E-state index < -0.39 is 6.04 Å². The van der Waals surface area contributed by atoms with Gasteiger partial charge in [0.05, 0.1) is 24.1 Å². The van der Waals surface area contributed by atoms with Crippen molar-refractivity contribution in [1.29, 1.82) is 0 Å². The van der Waals surface area contributed by atoms with Gasteiger partial charge in [-0.3, -0.25) is 4.79 Å². The Morgan fingerprint density at radius 2 is 1.95 bits per heavy atom. The van der Waals surface area contributed by atoms with E-state index in [2.05, 4.69) is 15.5 Å². The Morgan fingerprint density at radius 1 is 1.33 bits per heavy atom. The molecule has 2 rings (SSSR count). The number of carbonyl (C=O) groups excluding carboxylic acids is 1. The highest BCUT2D eigenvalue weighted by molar-refractivity contribution is 7.98. The van der Waals surface area contributed by atoms with Crippen LogP contribution in [0.25, 0.3) is 5.69 Å². The first kappa shape index (κ1) is 17.5. The highest BCUT2D eigenvalue weighted by Crippen LogP contribution is 2.12. The number of benzene rings is 1. The SMILES string of the molecule is CSCC[C@H](N)C(=O)Nc1ccc(-n2nccn2)cc1.Cl. The molecule has 3 N–H and O–H groups in total. The number of thioether (sulfide) groups is 1. The van der Waals surface area contributed by atoms with Crippen molar-refractivity contribution in [2.24, 2.45) is 5.73 Å². The van der Waals surface area contributed by atoms with Crippen molar-refractivity contribution in [3.8, 4) is 5.69 Å². The number of amides is 1. The normalized spacial score (nSPS) is 11.5. The number of rotatable bonds is 6. The van der Waals surface area contributed by atoms with Crippen LogP contribution >= 0.6 is 24.2 Å². The molecule has 0 aliphatic rings. The summed E-state index contributed by atoms with van der Waals surface area (Å²) in [6.07, 6.45) is 5.88. The second-order valence-corrected chi connectivity index (χ2v) is 5.23. The van der Waals surface area contributed by atoms with E-state index in [1.54, 1.807) is 36.3 Å². The quantitative estimate of drug-likeness (QED) is 0.843. The molecule has 0 radical (unpaired) electrons. The molecule has 0 fully saturated rings. The van der Waals surface area contributed by atoms with E-state index in [0.29, 0.717) is 12.1 Å². The second-order valence-electron chi connectivity index (χ2n) is 4.24. The van der Waals surface area contributed by atoms with Crippen LogP contribution in [0.1, 0.15) is 6.42 Å². The van der Waals surface area contributed by atoms with Crippen LogP contribution < -0.4 is 11.1 Å². The van der Waals surface area contributed by atoms with Crippen molar-refractivity contribution in [2.45, 2.75) is 12.5 Å². The summed E-state index contributed by atoms with van der Waals surface area (Å²) in [5.41, 5.74) is 7.36. The number of hydrogen-bond donors (Lipinski definition) is 2. The smallest absolute Gasteiger partial charge is 0.241 e. The minimum Gasteiger partial charge on any atom is -0.325 e. The molecule has 2 aromatic rings. The first-order valence-corrected chi connectivity index (χ1v) is 7.62. The molecule has 0 bridgehead atoms. The number of nitrogens with zero attached hydrogens (tertiary/aromatic N) is 3. The van der Waals surface area contributed by atoms with Crippen LogP contribution in [0.3, 0.4) is 0 Å². The number of anilines is 1. The van der Waals surface area contributed by atoms with E-state index in [-0.39, 0.29) is 18.3 Å². The topological polar surface area (TPSA) is 85.8 Å². The molecule has 21 heavy (non-hydrogen) atoms. The van der Waals surface area contributed by atoms with Crippen LogP contribution in [-0.2, 0) is 4.79 Å². The fraction of sp³-hybridized carbons (Fsp3) is 0.308. The average molecular weight is 328 g/mol. The molecule has 0 aliphatic carbocycles. The third kappa shape index (κ3) is 5.04. The summed E-state index contributed by atoms with van der Waals surface area (Å²) >= 11 is 1.68. The lowest BCUT2D eigenvalue weighted by molar-refractivity contribution is -0.117. The minimum absolute atomic E-state index is 0. The molecule has 6 nitrogen and oxygen atoms in total. The minimum atomic E-state index is -0.477. The van der Waals surface area contributed by atoms with Gasteiger partial charge in [0.1, 0.15) is 0 Å². The van der Waals surface area contributed by atoms with Crippen molar-refractivity contribution in [3.63, 3.8) is 0 Å². The second kappa shape index (κ2) is 8.66. The van der Waals surface area contributed by atoms with Crippen LogP contribution in [0.15, 0.2) is 36.7 Å². The average Bonchev–Trinajstić information content (AvgIpc) is 2.99. The summed E-state index contributed by atoms with van der Waals surface area (Å²) in [5.74, 6) is 0.711. The Balaban J connectivity index is 0.00000220. The summed E-state index contributed by atoms with van der Waals surface area (Å²) < 4.78 is 0. The first-order valence-electron chi connectivity index (χ1n) is 6.23. The van der Waals surface area contributed by atoms with Gasteiger partial charge in [0, 0.05) is 5.69 Å². The number of hydrogen-bond acceptors (Lipinski definition) is 5. The van der Waals surface area contributed by atoms with Gasteiger partial charge in [-0.2, -0.15) is 26.8 Å². The Labute approximate surface area is 133 Å². The van der Waals surface area contributed by atoms with Gasteiger partial charge < -0.3 is 11.1 Å². The van der Waals surface area contributed by atoms with E-state index in [1.165, 1.54) is 4.80 Å². The summed E-state index contributed by atoms with van der Waals surface area (Å²) in [6.45, 7) is 0. The highest BCUT2D eigenvalue weighted by Gasteiger charge is 2.12. The molecule has 1 aromatic heterocycles. The van der Waals surface area contributed by atoms with Gasteiger partial charge in [0.25, 0.3) is 0 Å². The highest BCUT2D eigenvalue weighted by atomic mass is 35.5. The van der Waals surface area contributed by atoms with Crippen LogP contribution in [-0.4, -0.2) is 39.0 Å². The number of carbonyl (C=O) groups is 1. The molecular formula is C13H18ClN5OS. The Hall–Kier alpha value is -1.57. The van der Waals surface area contributed by atoms with Crippen LogP contribution in [0, 0.1) is 0 Å². The van der Waals surface area contributed by atoms with Crippen LogP contribution in [0.4, 0.5) is 5.69 Å². The maximum absolute atomic E-state index is 11.9. The lowest BCUT2D eigenvalue weighted by atomic mass is 10.2. The molecule has 114 valence electrons. The zero-order chi connectivity index (χ0) is 14.4. The molecule has 0 saturated heterocycles. The van der Waals surface area contributed by atoms with E-state index in [1.807, 2.05) is 18.4 Å². The van der Waals surface area contributed by atoms with E-state index in [9.17, 15) is 4.79 Å². The van der Waals surface area contributed by atoms with Gasteiger partial charge in [-0.25, -0.2) is 0 Å². The van der Waals surface area contributed by atoms with Crippen LogP contribution in [0.5, 0.6) is 0 Å². The Morgan fingerprint density at radius 3 is 2.52 bits per heavy atom. The van der Waals surface area contributed by atoms with Gasteiger partial charge >= 0.3 is 0 Å². The van der Waals surface area contributed by atoms with Crippen molar-refractivity contribution in [2.75, 3.05) is 17.3 Å². The third-order valence-corrected chi connectivity index (χ3v) is 3.40. The zero-order valence-corrected chi connectivity index (χ0v) is 13.2. The van der Waals surface area contributed by atoms with Crippen LogP contribution in [0.2, 0.25) is 0 Å². The maximum atomic E-state index is 11.9. The van der Waals surface area contributed by atoms with E-state index in [4.69, 9.17) is 5.73 Å². The maximum Gasteiger partial charge on any atom is 0.241 e. The standard InChI is InChI=1S/C13H17N5OS.ClH/c1-20-9-6-12(14)13(19)17-10-2-4-11(5-3-10)18-15-7-8-16-18;/h2-5,7-8,12H,6,9,14H2,1H3,(H,17,19);1H/t12-;/m0./s1. The lowest BCUT2D eigenvalue weighted by Gasteiger charge is -2.11. The van der Waals surface area contributed by atoms with Gasteiger partial charge in [0.2, 0.25) is 5.91 Å². The number of aromatic nitrogens is 3. The molecule has 1 amide bonds. The van der Waals surface area contributed by atoms with Crippen molar-refractivity contribution in [3.05, 3.63) is 36.7 Å². The largest absolute Gasteiger partial charge is 0.325 e. The molecule has 8 heteroatoms. The summed E-state index contributed by atoms with van der Waals surface area (Å²) in [7, 11) is 0. The first-order chi connectivity index (χ1) is 9.70. The molecule has 0 spiro atoms. The predicted octanol–water partition coefficient (Wildman–Crippen LogP) is 1.71. The van der Waals surface area contributed by atoms with Gasteiger partial charge in [0.15, 0.2) is 0 Å². The zero-order valence-electron chi connectivity index (χ0n) is 11.6. The molecule has 0 saturated carbocycles. The molecular weight excluding hydrogens is 310 g/mol. The van der Waals surface area contributed by atoms with Crippen molar-refractivity contribution in [1.82, 2.24) is 15.0 Å². The Bertz CT molecular complexity index is 546. The number of halogens is 1. The van der Waals surface area contributed by atoms with Gasteiger partial charge in [-0.05, 0) is 42.7 Å². The monoisotopic (exact) mass is 327 g/mol. The summed E-state index contributed by atoms with van der Waals surface area (Å²) in [4.78, 5) is 13.4. The number of nitrogens with two attached hydrogens (primary N) is 1. The van der Waals surface area contributed by atoms with Gasteiger partial charge in [-0.15, -0.1) is 12.4 Å². The molecule has 1 aromatic carbocycles. The molecule has 0 unspecified atom stereocenters. The van der Waals surface area contributed by atoms with Crippen molar-refractivity contribution < 1.29 is 4.79 Å². The fourth-order valence-corrected chi connectivity index (χ4v) is 2.13. The van der Waals surface area contributed by atoms with E-state index in [0.717, 1.165) is 11.4 Å². The molecule has 0 aliphatic heterocycles. The molecule has 1 atom stereocenters.